The van der Waals surface area contributed by atoms with Gasteiger partial charge in [0.25, 0.3) is 0 Å². The Kier molecular flexibility index (Phi) is 3.07. The van der Waals surface area contributed by atoms with E-state index >= 15 is 0 Å². The highest BCUT2D eigenvalue weighted by molar-refractivity contribution is 9.10. The van der Waals surface area contributed by atoms with Crippen LogP contribution in [0.2, 0.25) is 0 Å². The van der Waals surface area contributed by atoms with Crippen molar-refractivity contribution >= 4 is 27.5 Å². The molecule has 0 aromatic heterocycles. The summed E-state index contributed by atoms with van der Waals surface area (Å²) in [6.45, 7) is 1.19. The molecule has 80 valence electrons. The molecule has 1 amide bonds. The normalized spacial score (nSPS) is 14.1. The van der Waals surface area contributed by atoms with Crippen LogP contribution in [0.4, 0.5) is 5.69 Å². The van der Waals surface area contributed by atoms with E-state index in [2.05, 4.69) is 27.3 Å². The molecule has 0 saturated carbocycles. The SMILES string of the molecule is CNCC(=O)N1CCc2ccc(Br)cc21. The molecule has 0 atom stereocenters. The molecule has 0 bridgehead atoms. The molecular formula is C11H13BrN2O. The number of anilines is 1. The Morgan fingerprint density at radius 1 is 1.60 bits per heavy atom. The van der Waals surface area contributed by atoms with E-state index in [0.29, 0.717) is 6.54 Å². The van der Waals surface area contributed by atoms with Gasteiger partial charge in [-0.05, 0) is 31.2 Å². The number of carbonyl (C=O) groups excluding carboxylic acids is 1. The highest BCUT2D eigenvalue weighted by Crippen LogP contribution is 2.30. The molecule has 4 heteroatoms. The smallest absolute Gasteiger partial charge is 0.240 e. The predicted molar refractivity (Wildman–Crippen MR) is 64.1 cm³/mol. The minimum absolute atomic E-state index is 0.134. The van der Waals surface area contributed by atoms with Crippen molar-refractivity contribution in [2.75, 3.05) is 25.0 Å². The summed E-state index contributed by atoms with van der Waals surface area (Å²) >= 11 is 3.43. The standard InChI is InChI=1S/C11H13BrN2O/c1-13-7-11(15)14-5-4-8-2-3-9(12)6-10(8)14/h2-3,6,13H,4-5,7H2,1H3. The molecule has 0 fully saturated rings. The van der Waals surface area contributed by atoms with Crippen LogP contribution in [0.15, 0.2) is 22.7 Å². The molecule has 2 rings (SSSR count). The van der Waals surface area contributed by atoms with Crippen molar-refractivity contribution in [3.63, 3.8) is 0 Å². The fourth-order valence-electron chi connectivity index (χ4n) is 1.86. The zero-order chi connectivity index (χ0) is 10.8. The summed E-state index contributed by atoms with van der Waals surface area (Å²) in [6, 6.07) is 6.10. The van der Waals surface area contributed by atoms with Gasteiger partial charge in [0.15, 0.2) is 0 Å². The zero-order valence-corrected chi connectivity index (χ0v) is 10.2. The Balaban J connectivity index is 2.27. The fraction of sp³-hybridized carbons (Fsp3) is 0.364. The molecule has 0 unspecified atom stereocenters. The molecule has 15 heavy (non-hydrogen) atoms. The summed E-state index contributed by atoms with van der Waals surface area (Å²) in [5.74, 6) is 0.134. The molecule has 0 spiro atoms. The maximum Gasteiger partial charge on any atom is 0.240 e. The zero-order valence-electron chi connectivity index (χ0n) is 8.59. The van der Waals surface area contributed by atoms with Gasteiger partial charge in [-0.25, -0.2) is 0 Å². The molecular weight excluding hydrogens is 256 g/mol. The molecule has 1 heterocycles. The van der Waals surface area contributed by atoms with Gasteiger partial charge in [0.1, 0.15) is 0 Å². The van der Waals surface area contributed by atoms with E-state index in [0.717, 1.165) is 23.1 Å². The van der Waals surface area contributed by atoms with Crippen molar-refractivity contribution < 1.29 is 4.79 Å². The van der Waals surface area contributed by atoms with Crippen molar-refractivity contribution in [2.24, 2.45) is 0 Å². The second-order valence-electron chi connectivity index (χ2n) is 3.60. The first kappa shape index (κ1) is 10.6. The lowest BCUT2D eigenvalue weighted by molar-refractivity contribution is -0.117. The summed E-state index contributed by atoms with van der Waals surface area (Å²) in [4.78, 5) is 13.6. The number of halogens is 1. The van der Waals surface area contributed by atoms with Gasteiger partial charge in [0.2, 0.25) is 5.91 Å². The number of likely N-dealkylation sites (N-methyl/N-ethyl adjacent to an activating group) is 1. The predicted octanol–water partition coefficient (Wildman–Crippen LogP) is 1.56. The lowest BCUT2D eigenvalue weighted by Gasteiger charge is -2.17. The monoisotopic (exact) mass is 268 g/mol. The van der Waals surface area contributed by atoms with E-state index in [-0.39, 0.29) is 5.91 Å². The third kappa shape index (κ3) is 2.06. The first-order chi connectivity index (χ1) is 7.22. The average molecular weight is 269 g/mol. The van der Waals surface area contributed by atoms with Gasteiger partial charge in [-0.3, -0.25) is 4.79 Å². The molecule has 1 aliphatic heterocycles. The van der Waals surface area contributed by atoms with Crippen molar-refractivity contribution in [3.05, 3.63) is 28.2 Å². The number of fused-ring (bicyclic) bond motifs is 1. The molecule has 0 aliphatic carbocycles. The van der Waals surface area contributed by atoms with E-state index in [1.165, 1.54) is 5.56 Å². The Morgan fingerprint density at radius 2 is 2.40 bits per heavy atom. The second kappa shape index (κ2) is 4.33. The summed E-state index contributed by atoms with van der Waals surface area (Å²) in [5, 5.41) is 2.89. The third-order valence-corrected chi connectivity index (χ3v) is 3.07. The first-order valence-corrected chi connectivity index (χ1v) is 5.75. The second-order valence-corrected chi connectivity index (χ2v) is 4.51. The number of hydrogen-bond donors (Lipinski definition) is 1. The molecule has 0 saturated heterocycles. The summed E-state index contributed by atoms with van der Waals surface area (Å²) in [7, 11) is 1.79. The van der Waals surface area contributed by atoms with Gasteiger partial charge < -0.3 is 10.2 Å². The number of nitrogens with one attached hydrogen (secondary N) is 1. The molecule has 3 nitrogen and oxygen atoms in total. The maximum atomic E-state index is 11.8. The number of carbonyl (C=O) groups is 1. The number of nitrogens with zero attached hydrogens (tertiary/aromatic N) is 1. The van der Waals surface area contributed by atoms with E-state index in [4.69, 9.17) is 0 Å². The minimum atomic E-state index is 0.134. The van der Waals surface area contributed by atoms with Crippen LogP contribution in [-0.2, 0) is 11.2 Å². The number of benzene rings is 1. The Hall–Kier alpha value is -0.870. The van der Waals surface area contributed by atoms with E-state index in [1.807, 2.05) is 17.0 Å². The molecule has 1 aromatic rings. The van der Waals surface area contributed by atoms with Crippen molar-refractivity contribution in [2.45, 2.75) is 6.42 Å². The van der Waals surface area contributed by atoms with Crippen LogP contribution in [0.5, 0.6) is 0 Å². The van der Waals surface area contributed by atoms with Gasteiger partial charge in [-0.2, -0.15) is 0 Å². The third-order valence-electron chi connectivity index (χ3n) is 2.57. The van der Waals surface area contributed by atoms with Gasteiger partial charge in [-0.1, -0.05) is 22.0 Å². The molecule has 0 radical (unpaired) electrons. The topological polar surface area (TPSA) is 32.3 Å². The van der Waals surface area contributed by atoms with Crippen LogP contribution in [-0.4, -0.2) is 26.0 Å². The van der Waals surface area contributed by atoms with Gasteiger partial charge in [0.05, 0.1) is 6.54 Å². The maximum absolute atomic E-state index is 11.8. The van der Waals surface area contributed by atoms with Crippen LogP contribution in [0.25, 0.3) is 0 Å². The fourth-order valence-corrected chi connectivity index (χ4v) is 2.21. The Labute approximate surface area is 97.6 Å². The Morgan fingerprint density at radius 3 is 3.13 bits per heavy atom. The first-order valence-electron chi connectivity index (χ1n) is 4.96. The van der Waals surface area contributed by atoms with Crippen LogP contribution >= 0.6 is 15.9 Å². The highest BCUT2D eigenvalue weighted by atomic mass is 79.9. The molecule has 1 aliphatic rings. The van der Waals surface area contributed by atoms with Crippen LogP contribution < -0.4 is 10.2 Å². The number of hydrogen-bond acceptors (Lipinski definition) is 2. The van der Waals surface area contributed by atoms with Crippen molar-refractivity contribution in [1.29, 1.82) is 0 Å². The molecule has 1 N–H and O–H groups in total. The quantitative estimate of drug-likeness (QED) is 0.883. The van der Waals surface area contributed by atoms with E-state index in [9.17, 15) is 4.79 Å². The van der Waals surface area contributed by atoms with E-state index in [1.54, 1.807) is 7.05 Å². The van der Waals surface area contributed by atoms with Gasteiger partial charge in [-0.15, -0.1) is 0 Å². The summed E-state index contributed by atoms with van der Waals surface area (Å²) < 4.78 is 1.02. The van der Waals surface area contributed by atoms with E-state index < -0.39 is 0 Å². The van der Waals surface area contributed by atoms with Gasteiger partial charge >= 0.3 is 0 Å². The number of amides is 1. The Bertz CT molecular complexity index is 392. The summed E-state index contributed by atoms with van der Waals surface area (Å²) in [6.07, 6.45) is 0.956. The minimum Gasteiger partial charge on any atom is -0.311 e. The van der Waals surface area contributed by atoms with Crippen LogP contribution in [0, 0.1) is 0 Å². The molecule has 1 aromatic carbocycles. The van der Waals surface area contributed by atoms with Crippen LogP contribution in [0.1, 0.15) is 5.56 Å². The van der Waals surface area contributed by atoms with Crippen LogP contribution in [0.3, 0.4) is 0 Å². The average Bonchev–Trinajstić information content (AvgIpc) is 2.60. The van der Waals surface area contributed by atoms with Crippen molar-refractivity contribution in [1.82, 2.24) is 5.32 Å². The lowest BCUT2D eigenvalue weighted by atomic mass is 10.2. The largest absolute Gasteiger partial charge is 0.311 e. The summed E-state index contributed by atoms with van der Waals surface area (Å²) in [5.41, 5.74) is 2.30. The van der Waals surface area contributed by atoms with Gasteiger partial charge in [0, 0.05) is 16.7 Å². The lowest BCUT2D eigenvalue weighted by Crippen LogP contribution is -2.35. The number of rotatable bonds is 2. The van der Waals surface area contributed by atoms with Crippen molar-refractivity contribution in [3.8, 4) is 0 Å². The highest BCUT2D eigenvalue weighted by Gasteiger charge is 2.23.